The second-order valence-electron chi connectivity index (χ2n) is 7.22. The molecular formula is C17H28ClN3O3S. The lowest BCUT2D eigenvalue weighted by atomic mass is 9.99. The first-order chi connectivity index (χ1) is 11.2. The van der Waals surface area contributed by atoms with Crippen molar-refractivity contribution in [1.82, 2.24) is 15.4 Å². The third kappa shape index (κ3) is 6.58. The third-order valence-electron chi connectivity index (χ3n) is 3.82. The summed E-state index contributed by atoms with van der Waals surface area (Å²) < 4.78 is 27.8. The van der Waals surface area contributed by atoms with Gasteiger partial charge in [0.1, 0.15) is 0 Å². The fraction of sp³-hybridized carbons (Fsp3) is 0.588. The predicted molar refractivity (Wildman–Crippen MR) is 101 cm³/mol. The number of hydrogen-bond donors (Lipinski definition) is 3. The molecule has 1 fully saturated rings. The molecule has 1 unspecified atom stereocenters. The summed E-state index contributed by atoms with van der Waals surface area (Å²) in [5.74, 6) is -0.0756. The van der Waals surface area contributed by atoms with Crippen molar-refractivity contribution in [1.29, 1.82) is 0 Å². The molecule has 0 spiro atoms. The number of rotatable bonds is 5. The molecule has 1 heterocycles. The van der Waals surface area contributed by atoms with Gasteiger partial charge in [0.05, 0.1) is 10.8 Å². The van der Waals surface area contributed by atoms with Crippen molar-refractivity contribution in [3.8, 4) is 0 Å². The van der Waals surface area contributed by atoms with Gasteiger partial charge in [0.25, 0.3) is 0 Å². The molecule has 1 aromatic carbocycles. The number of benzene rings is 1. The van der Waals surface area contributed by atoms with E-state index in [4.69, 9.17) is 0 Å². The van der Waals surface area contributed by atoms with Crippen molar-refractivity contribution in [2.24, 2.45) is 5.92 Å². The molecule has 6 nitrogen and oxygen atoms in total. The molecule has 0 aromatic heterocycles. The standard InChI is InChI=1S/C17H27N3O3S.ClH/c1-17(2,3)20-24(22,23)15-9-5-4-7-13(15)12-19-16(21)14-8-6-10-18-11-14;/h4-5,7,9,14,18,20H,6,8,10-12H2,1-3H3,(H,19,21);1H. The highest BCUT2D eigenvalue weighted by Gasteiger charge is 2.25. The Morgan fingerprint density at radius 2 is 1.96 bits per heavy atom. The van der Waals surface area contributed by atoms with Gasteiger partial charge in [0, 0.05) is 18.6 Å². The van der Waals surface area contributed by atoms with Gasteiger partial charge < -0.3 is 10.6 Å². The summed E-state index contributed by atoms with van der Waals surface area (Å²) >= 11 is 0. The van der Waals surface area contributed by atoms with Crippen molar-refractivity contribution < 1.29 is 13.2 Å². The van der Waals surface area contributed by atoms with Crippen LogP contribution in [-0.4, -0.2) is 33.0 Å². The predicted octanol–water partition coefficient (Wildman–Crippen LogP) is 1.80. The van der Waals surface area contributed by atoms with Crippen molar-refractivity contribution in [2.45, 2.75) is 50.6 Å². The second kappa shape index (κ2) is 8.98. The minimum Gasteiger partial charge on any atom is -0.352 e. The van der Waals surface area contributed by atoms with Gasteiger partial charge in [-0.2, -0.15) is 0 Å². The molecule has 8 heteroatoms. The Bertz CT molecular complexity index is 681. The van der Waals surface area contributed by atoms with Crippen LogP contribution in [0.25, 0.3) is 0 Å². The smallest absolute Gasteiger partial charge is 0.241 e. The average molecular weight is 390 g/mol. The van der Waals surface area contributed by atoms with Crippen LogP contribution in [0.3, 0.4) is 0 Å². The van der Waals surface area contributed by atoms with Crippen LogP contribution in [0.2, 0.25) is 0 Å². The Labute approximate surface area is 156 Å². The molecule has 1 aromatic rings. The van der Waals surface area contributed by atoms with Gasteiger partial charge in [-0.3, -0.25) is 4.79 Å². The van der Waals surface area contributed by atoms with Crippen molar-refractivity contribution >= 4 is 28.3 Å². The zero-order chi connectivity index (χ0) is 17.8. The molecule has 142 valence electrons. The normalized spacial score (nSPS) is 18.3. The molecule has 0 radical (unpaired) electrons. The van der Waals surface area contributed by atoms with Gasteiger partial charge in [-0.15, -0.1) is 12.4 Å². The summed E-state index contributed by atoms with van der Waals surface area (Å²) in [6.07, 6.45) is 1.85. The molecule has 2 rings (SSSR count). The van der Waals surface area contributed by atoms with E-state index in [1.807, 2.05) is 0 Å². The van der Waals surface area contributed by atoms with Crippen molar-refractivity contribution in [3.05, 3.63) is 29.8 Å². The van der Waals surface area contributed by atoms with E-state index in [-0.39, 0.29) is 35.7 Å². The van der Waals surface area contributed by atoms with Crippen LogP contribution in [0.15, 0.2) is 29.2 Å². The van der Waals surface area contributed by atoms with Crippen LogP contribution in [0, 0.1) is 5.92 Å². The Kier molecular flexibility index (Phi) is 7.87. The van der Waals surface area contributed by atoms with Crippen LogP contribution < -0.4 is 15.4 Å². The SMILES string of the molecule is CC(C)(C)NS(=O)(=O)c1ccccc1CNC(=O)C1CCCNC1.Cl. The highest BCUT2D eigenvalue weighted by atomic mass is 35.5. The monoisotopic (exact) mass is 389 g/mol. The quantitative estimate of drug-likeness (QED) is 0.716. The Morgan fingerprint density at radius 3 is 2.56 bits per heavy atom. The molecule has 0 bridgehead atoms. The fourth-order valence-electron chi connectivity index (χ4n) is 2.77. The molecule has 1 aliphatic rings. The van der Waals surface area contributed by atoms with E-state index in [1.165, 1.54) is 0 Å². The summed E-state index contributed by atoms with van der Waals surface area (Å²) in [4.78, 5) is 12.5. The first-order valence-electron chi connectivity index (χ1n) is 8.29. The summed E-state index contributed by atoms with van der Waals surface area (Å²) in [6.45, 7) is 7.22. The maximum Gasteiger partial charge on any atom is 0.241 e. The van der Waals surface area contributed by atoms with Gasteiger partial charge in [0.15, 0.2) is 0 Å². The highest BCUT2D eigenvalue weighted by Crippen LogP contribution is 2.18. The molecule has 1 aliphatic heterocycles. The van der Waals surface area contributed by atoms with E-state index in [0.717, 1.165) is 19.4 Å². The lowest BCUT2D eigenvalue weighted by Crippen LogP contribution is -2.42. The van der Waals surface area contributed by atoms with E-state index in [9.17, 15) is 13.2 Å². The molecule has 0 saturated carbocycles. The van der Waals surface area contributed by atoms with Crippen molar-refractivity contribution in [3.63, 3.8) is 0 Å². The van der Waals surface area contributed by atoms with Gasteiger partial charge >= 0.3 is 0 Å². The van der Waals surface area contributed by atoms with Crippen molar-refractivity contribution in [2.75, 3.05) is 13.1 Å². The minimum atomic E-state index is -3.64. The molecule has 1 saturated heterocycles. The first-order valence-corrected chi connectivity index (χ1v) is 9.78. The lowest BCUT2D eigenvalue weighted by Gasteiger charge is -2.23. The fourth-order valence-corrected chi connectivity index (χ4v) is 4.43. The molecule has 1 atom stereocenters. The molecule has 1 amide bonds. The highest BCUT2D eigenvalue weighted by molar-refractivity contribution is 7.89. The maximum absolute atomic E-state index is 12.6. The van der Waals surface area contributed by atoms with Gasteiger partial charge in [-0.1, -0.05) is 18.2 Å². The number of nitrogens with one attached hydrogen (secondary N) is 3. The van der Waals surface area contributed by atoms with Crippen LogP contribution >= 0.6 is 12.4 Å². The molecule has 3 N–H and O–H groups in total. The number of carbonyl (C=O) groups excluding carboxylic acids is 1. The zero-order valence-electron chi connectivity index (χ0n) is 15.0. The summed E-state index contributed by atoms with van der Waals surface area (Å²) in [5.41, 5.74) is 0.0227. The van der Waals surface area contributed by atoms with Gasteiger partial charge in [0.2, 0.25) is 15.9 Å². The number of amides is 1. The maximum atomic E-state index is 12.6. The number of halogens is 1. The van der Waals surface area contributed by atoms with E-state index >= 15 is 0 Å². The number of piperidine rings is 1. The van der Waals surface area contributed by atoms with Crippen LogP contribution in [0.4, 0.5) is 0 Å². The minimum absolute atomic E-state index is 0. The van der Waals surface area contributed by atoms with E-state index < -0.39 is 15.6 Å². The Hall–Kier alpha value is -1.15. The number of hydrogen-bond acceptors (Lipinski definition) is 4. The Balaban J connectivity index is 0.00000312. The topological polar surface area (TPSA) is 87.3 Å². The van der Waals surface area contributed by atoms with Gasteiger partial charge in [-0.25, -0.2) is 13.1 Å². The van der Waals surface area contributed by atoms with E-state index in [0.29, 0.717) is 12.1 Å². The zero-order valence-corrected chi connectivity index (χ0v) is 16.6. The lowest BCUT2D eigenvalue weighted by molar-refractivity contribution is -0.125. The number of sulfonamides is 1. The third-order valence-corrected chi connectivity index (χ3v) is 5.68. The first kappa shape index (κ1) is 21.9. The van der Waals surface area contributed by atoms with E-state index in [1.54, 1.807) is 45.0 Å². The second-order valence-corrected chi connectivity index (χ2v) is 8.88. The van der Waals surface area contributed by atoms with E-state index in [2.05, 4.69) is 15.4 Å². The molecule has 25 heavy (non-hydrogen) atoms. The summed E-state index contributed by atoms with van der Waals surface area (Å²) in [6, 6.07) is 6.77. The van der Waals surface area contributed by atoms with Crippen LogP contribution in [0.1, 0.15) is 39.2 Å². The Morgan fingerprint density at radius 1 is 1.28 bits per heavy atom. The largest absolute Gasteiger partial charge is 0.352 e. The summed E-state index contributed by atoms with van der Waals surface area (Å²) in [5, 5.41) is 6.08. The van der Waals surface area contributed by atoms with Crippen LogP contribution in [0.5, 0.6) is 0 Å². The number of carbonyl (C=O) groups is 1. The molecule has 0 aliphatic carbocycles. The molecular weight excluding hydrogens is 362 g/mol. The average Bonchev–Trinajstić information content (AvgIpc) is 2.51. The summed E-state index contributed by atoms with van der Waals surface area (Å²) in [7, 11) is -3.64. The van der Waals surface area contributed by atoms with Crippen LogP contribution in [-0.2, 0) is 21.4 Å². The van der Waals surface area contributed by atoms with Gasteiger partial charge in [-0.05, 0) is 51.8 Å².